The molecular weight excluding hydrogens is 302 g/mol. The lowest BCUT2D eigenvalue weighted by atomic mass is 10.2. The molecule has 8 heteroatoms. The Labute approximate surface area is 123 Å². The molecule has 1 aliphatic rings. The van der Waals surface area contributed by atoms with E-state index in [1.807, 2.05) is 0 Å². The van der Waals surface area contributed by atoms with Crippen molar-refractivity contribution in [2.24, 2.45) is 7.05 Å². The van der Waals surface area contributed by atoms with E-state index < -0.39 is 17.6 Å². The summed E-state index contributed by atoms with van der Waals surface area (Å²) in [5.41, 5.74) is -1.35. The van der Waals surface area contributed by atoms with Crippen LogP contribution in [-0.4, -0.2) is 14.8 Å². The molecule has 1 fully saturated rings. The number of rotatable bonds is 4. The Morgan fingerprint density at radius 2 is 2.00 bits per heavy atom. The van der Waals surface area contributed by atoms with Crippen molar-refractivity contribution in [3.05, 3.63) is 41.2 Å². The Morgan fingerprint density at radius 1 is 1.27 bits per heavy atom. The van der Waals surface area contributed by atoms with Gasteiger partial charge in [-0.05, 0) is 31.0 Å². The van der Waals surface area contributed by atoms with Gasteiger partial charge < -0.3 is 9.30 Å². The van der Waals surface area contributed by atoms with Crippen LogP contribution < -0.4 is 4.74 Å². The van der Waals surface area contributed by atoms with Gasteiger partial charge in [0.2, 0.25) is 0 Å². The third-order valence-electron chi connectivity index (χ3n) is 3.55. The minimum atomic E-state index is -4.76. The van der Waals surface area contributed by atoms with Crippen LogP contribution >= 0.6 is 0 Å². The molecule has 1 aromatic heterocycles. The Morgan fingerprint density at radius 3 is 2.64 bits per heavy atom. The maximum atomic E-state index is 13.2. The van der Waals surface area contributed by atoms with E-state index in [1.54, 1.807) is 11.6 Å². The average Bonchev–Trinajstić information content (AvgIpc) is 3.21. The fourth-order valence-corrected chi connectivity index (χ4v) is 2.16. The van der Waals surface area contributed by atoms with Crippen LogP contribution in [0, 0.1) is 5.82 Å². The Kier molecular flexibility index (Phi) is 3.54. The number of alkyl halides is 3. The molecule has 0 bridgehead atoms. The molecule has 1 aromatic carbocycles. The van der Waals surface area contributed by atoms with E-state index in [9.17, 15) is 17.6 Å². The molecule has 118 valence electrons. The molecule has 0 saturated heterocycles. The van der Waals surface area contributed by atoms with Crippen molar-refractivity contribution in [3.63, 3.8) is 0 Å². The van der Waals surface area contributed by atoms with Gasteiger partial charge in [-0.3, -0.25) is 0 Å². The van der Waals surface area contributed by atoms with Crippen LogP contribution in [-0.2, 0) is 19.8 Å². The molecule has 0 unspecified atom stereocenters. The fourth-order valence-electron chi connectivity index (χ4n) is 2.16. The SMILES string of the molecule is Cn1c(COc2ccc(F)c(C(F)(F)F)c2)nnc1C1CC1. The molecule has 0 amide bonds. The van der Waals surface area contributed by atoms with E-state index in [0.717, 1.165) is 30.8 Å². The minimum absolute atomic E-state index is 0.0286. The summed E-state index contributed by atoms with van der Waals surface area (Å²) < 4.78 is 58.2. The maximum absolute atomic E-state index is 13.2. The molecule has 1 saturated carbocycles. The second-order valence-electron chi connectivity index (χ2n) is 5.24. The zero-order valence-electron chi connectivity index (χ0n) is 11.7. The van der Waals surface area contributed by atoms with Gasteiger partial charge in [-0.15, -0.1) is 10.2 Å². The van der Waals surface area contributed by atoms with E-state index in [2.05, 4.69) is 10.2 Å². The van der Waals surface area contributed by atoms with Crippen molar-refractivity contribution in [2.75, 3.05) is 0 Å². The molecule has 22 heavy (non-hydrogen) atoms. The molecule has 2 aromatic rings. The van der Waals surface area contributed by atoms with Gasteiger partial charge in [-0.2, -0.15) is 13.2 Å². The fraction of sp³-hybridized carbons (Fsp3) is 0.429. The zero-order chi connectivity index (χ0) is 15.9. The third-order valence-corrected chi connectivity index (χ3v) is 3.55. The van der Waals surface area contributed by atoms with Crippen molar-refractivity contribution < 1.29 is 22.3 Å². The van der Waals surface area contributed by atoms with Gasteiger partial charge in [0.1, 0.15) is 24.0 Å². The van der Waals surface area contributed by atoms with Gasteiger partial charge >= 0.3 is 6.18 Å². The summed E-state index contributed by atoms with van der Waals surface area (Å²) in [5, 5.41) is 8.03. The summed E-state index contributed by atoms with van der Waals surface area (Å²) in [4.78, 5) is 0. The molecular formula is C14H13F4N3O. The van der Waals surface area contributed by atoms with Crippen molar-refractivity contribution in [2.45, 2.75) is 31.5 Å². The van der Waals surface area contributed by atoms with Crippen LogP contribution in [0.25, 0.3) is 0 Å². The van der Waals surface area contributed by atoms with Crippen LogP contribution in [0.15, 0.2) is 18.2 Å². The van der Waals surface area contributed by atoms with Crippen molar-refractivity contribution in [1.82, 2.24) is 14.8 Å². The first-order valence-electron chi connectivity index (χ1n) is 6.74. The van der Waals surface area contributed by atoms with Gasteiger partial charge in [-0.25, -0.2) is 4.39 Å². The molecule has 4 nitrogen and oxygen atoms in total. The van der Waals surface area contributed by atoms with E-state index in [-0.39, 0.29) is 12.4 Å². The summed E-state index contributed by atoms with van der Waals surface area (Å²) in [6, 6.07) is 2.54. The predicted molar refractivity (Wildman–Crippen MR) is 68.7 cm³/mol. The average molecular weight is 315 g/mol. The van der Waals surface area contributed by atoms with E-state index in [4.69, 9.17) is 4.74 Å². The molecule has 1 heterocycles. The third kappa shape index (κ3) is 2.90. The highest BCUT2D eigenvalue weighted by atomic mass is 19.4. The van der Waals surface area contributed by atoms with Crippen LogP contribution in [0.5, 0.6) is 5.75 Å². The maximum Gasteiger partial charge on any atom is 0.419 e. The summed E-state index contributed by atoms with van der Waals surface area (Å²) >= 11 is 0. The summed E-state index contributed by atoms with van der Waals surface area (Å²) in [7, 11) is 1.79. The smallest absolute Gasteiger partial charge is 0.419 e. The highest BCUT2D eigenvalue weighted by Crippen LogP contribution is 2.39. The number of nitrogens with zero attached hydrogens (tertiary/aromatic N) is 3. The minimum Gasteiger partial charge on any atom is -0.486 e. The number of hydrogen-bond donors (Lipinski definition) is 0. The lowest BCUT2D eigenvalue weighted by Gasteiger charge is -2.11. The molecule has 0 aliphatic heterocycles. The number of ether oxygens (including phenoxy) is 1. The highest BCUT2D eigenvalue weighted by Gasteiger charge is 2.34. The van der Waals surface area contributed by atoms with E-state index in [0.29, 0.717) is 17.8 Å². The molecule has 0 atom stereocenters. The van der Waals surface area contributed by atoms with E-state index in [1.165, 1.54) is 0 Å². The lowest BCUT2D eigenvalue weighted by Crippen LogP contribution is -2.09. The number of benzene rings is 1. The largest absolute Gasteiger partial charge is 0.486 e. The second kappa shape index (κ2) is 5.26. The Bertz CT molecular complexity index is 692. The number of aromatic nitrogens is 3. The number of halogens is 4. The van der Waals surface area contributed by atoms with Crippen molar-refractivity contribution in [3.8, 4) is 5.75 Å². The topological polar surface area (TPSA) is 39.9 Å². The summed E-state index contributed by atoms with van der Waals surface area (Å²) in [5.74, 6) is 0.390. The molecule has 0 spiro atoms. The lowest BCUT2D eigenvalue weighted by molar-refractivity contribution is -0.140. The molecule has 0 N–H and O–H groups in total. The zero-order valence-corrected chi connectivity index (χ0v) is 11.7. The predicted octanol–water partition coefficient (Wildman–Crippen LogP) is 3.43. The highest BCUT2D eigenvalue weighted by molar-refractivity contribution is 5.31. The first-order chi connectivity index (χ1) is 10.4. The van der Waals surface area contributed by atoms with Crippen molar-refractivity contribution in [1.29, 1.82) is 0 Å². The van der Waals surface area contributed by atoms with Crippen LogP contribution in [0.1, 0.15) is 36.0 Å². The molecule has 0 radical (unpaired) electrons. The monoisotopic (exact) mass is 315 g/mol. The summed E-state index contributed by atoms with van der Waals surface area (Å²) in [6.45, 7) is -0.0286. The Balaban J connectivity index is 1.74. The quantitative estimate of drug-likeness (QED) is 0.812. The van der Waals surface area contributed by atoms with Gasteiger partial charge in [0.05, 0.1) is 5.56 Å². The van der Waals surface area contributed by atoms with Crippen LogP contribution in [0.3, 0.4) is 0 Å². The summed E-state index contributed by atoms with van der Waals surface area (Å²) in [6.07, 6.45) is -2.62. The molecule has 3 rings (SSSR count). The van der Waals surface area contributed by atoms with Gasteiger partial charge in [-0.1, -0.05) is 0 Å². The van der Waals surface area contributed by atoms with Crippen LogP contribution in [0.2, 0.25) is 0 Å². The standard InChI is InChI=1S/C14H13F4N3O/c1-21-12(19-20-13(21)8-2-3-8)7-22-9-4-5-11(15)10(6-9)14(16,17)18/h4-6,8H,2-3,7H2,1H3. The first kappa shape index (κ1) is 14.8. The second-order valence-corrected chi connectivity index (χ2v) is 5.24. The van der Waals surface area contributed by atoms with E-state index >= 15 is 0 Å². The normalized spacial score (nSPS) is 15.1. The molecule has 1 aliphatic carbocycles. The van der Waals surface area contributed by atoms with Crippen LogP contribution in [0.4, 0.5) is 17.6 Å². The van der Waals surface area contributed by atoms with Gasteiger partial charge in [0.15, 0.2) is 5.82 Å². The van der Waals surface area contributed by atoms with Crippen molar-refractivity contribution >= 4 is 0 Å². The van der Waals surface area contributed by atoms with Gasteiger partial charge in [0.25, 0.3) is 0 Å². The Hall–Kier alpha value is -2.12. The van der Waals surface area contributed by atoms with Gasteiger partial charge in [0, 0.05) is 13.0 Å². The first-order valence-corrected chi connectivity index (χ1v) is 6.74. The number of hydrogen-bond acceptors (Lipinski definition) is 3.